The van der Waals surface area contributed by atoms with Gasteiger partial charge in [-0.2, -0.15) is 0 Å². The normalized spacial score (nSPS) is 10.4. The van der Waals surface area contributed by atoms with Crippen LogP contribution in [0.3, 0.4) is 0 Å². The molecule has 0 saturated carbocycles. The third kappa shape index (κ3) is 0.926. The van der Waals surface area contributed by atoms with Crippen molar-refractivity contribution in [3.63, 3.8) is 0 Å². The SMILES string of the molecule is Cc1nc(CN)n(C)c1C. The van der Waals surface area contributed by atoms with Crippen molar-refractivity contribution in [2.45, 2.75) is 20.4 Å². The smallest absolute Gasteiger partial charge is 0.122 e. The summed E-state index contributed by atoms with van der Waals surface area (Å²) in [6, 6.07) is 0. The van der Waals surface area contributed by atoms with Crippen LogP contribution in [0.1, 0.15) is 17.2 Å². The number of aromatic nitrogens is 2. The molecule has 0 radical (unpaired) electrons. The van der Waals surface area contributed by atoms with Crippen LogP contribution in [0.5, 0.6) is 0 Å². The number of nitrogens with zero attached hydrogens (tertiary/aromatic N) is 2. The summed E-state index contributed by atoms with van der Waals surface area (Å²) in [7, 11) is 1.98. The standard InChI is InChI=1S/C7H13N3/c1-5-6(2)10(3)7(4-8)9-5/h4,8H2,1-3H3. The molecule has 0 aliphatic carbocycles. The van der Waals surface area contributed by atoms with E-state index in [-0.39, 0.29) is 0 Å². The van der Waals surface area contributed by atoms with E-state index in [1.807, 2.05) is 25.5 Å². The lowest BCUT2D eigenvalue weighted by Crippen LogP contribution is -2.05. The Balaban J connectivity index is 3.17. The number of rotatable bonds is 1. The maximum absolute atomic E-state index is 5.45. The molecule has 0 aromatic carbocycles. The monoisotopic (exact) mass is 139 g/mol. The summed E-state index contributed by atoms with van der Waals surface area (Å²) in [5.74, 6) is 0.954. The van der Waals surface area contributed by atoms with Crippen LogP contribution in [0.2, 0.25) is 0 Å². The maximum Gasteiger partial charge on any atom is 0.122 e. The Morgan fingerprint density at radius 1 is 1.50 bits per heavy atom. The van der Waals surface area contributed by atoms with E-state index in [9.17, 15) is 0 Å². The Kier molecular flexibility index (Phi) is 1.76. The van der Waals surface area contributed by atoms with Gasteiger partial charge in [0.2, 0.25) is 0 Å². The van der Waals surface area contributed by atoms with E-state index >= 15 is 0 Å². The lowest BCUT2D eigenvalue weighted by atomic mass is 10.4. The molecule has 0 fully saturated rings. The van der Waals surface area contributed by atoms with Crippen molar-refractivity contribution in [2.24, 2.45) is 12.8 Å². The van der Waals surface area contributed by atoms with Crippen molar-refractivity contribution in [1.29, 1.82) is 0 Å². The number of imidazole rings is 1. The first-order chi connectivity index (χ1) is 4.66. The molecule has 1 aromatic heterocycles. The highest BCUT2D eigenvalue weighted by Crippen LogP contribution is 2.06. The topological polar surface area (TPSA) is 43.8 Å². The molecule has 3 heteroatoms. The third-order valence-corrected chi connectivity index (χ3v) is 1.89. The van der Waals surface area contributed by atoms with Crippen molar-refractivity contribution in [3.05, 3.63) is 17.2 Å². The van der Waals surface area contributed by atoms with E-state index in [0.717, 1.165) is 11.5 Å². The van der Waals surface area contributed by atoms with Crippen molar-refractivity contribution in [3.8, 4) is 0 Å². The van der Waals surface area contributed by atoms with Crippen molar-refractivity contribution < 1.29 is 0 Å². The first-order valence-electron chi connectivity index (χ1n) is 3.35. The van der Waals surface area contributed by atoms with Gasteiger partial charge in [0, 0.05) is 12.7 Å². The van der Waals surface area contributed by atoms with Crippen molar-refractivity contribution in [1.82, 2.24) is 9.55 Å². The van der Waals surface area contributed by atoms with E-state index in [4.69, 9.17) is 5.73 Å². The molecular weight excluding hydrogens is 126 g/mol. The van der Waals surface area contributed by atoms with Gasteiger partial charge in [0.05, 0.1) is 12.2 Å². The summed E-state index contributed by atoms with van der Waals surface area (Å²) in [6.07, 6.45) is 0. The zero-order chi connectivity index (χ0) is 7.72. The first-order valence-corrected chi connectivity index (χ1v) is 3.35. The molecule has 0 atom stereocenters. The summed E-state index contributed by atoms with van der Waals surface area (Å²) in [5.41, 5.74) is 7.72. The summed E-state index contributed by atoms with van der Waals surface area (Å²) >= 11 is 0. The summed E-state index contributed by atoms with van der Waals surface area (Å²) in [5, 5.41) is 0. The summed E-state index contributed by atoms with van der Waals surface area (Å²) in [6.45, 7) is 4.56. The fourth-order valence-electron chi connectivity index (χ4n) is 0.968. The minimum absolute atomic E-state index is 0.519. The Morgan fingerprint density at radius 3 is 2.30 bits per heavy atom. The van der Waals surface area contributed by atoms with Gasteiger partial charge in [0.25, 0.3) is 0 Å². The van der Waals surface area contributed by atoms with E-state index < -0.39 is 0 Å². The van der Waals surface area contributed by atoms with Crippen LogP contribution < -0.4 is 5.73 Å². The molecule has 56 valence electrons. The number of hydrogen-bond acceptors (Lipinski definition) is 2. The second-order valence-corrected chi connectivity index (χ2v) is 2.46. The lowest BCUT2D eigenvalue weighted by molar-refractivity contribution is 0.774. The lowest BCUT2D eigenvalue weighted by Gasteiger charge is -1.97. The molecule has 1 rings (SSSR count). The zero-order valence-electron chi connectivity index (χ0n) is 6.68. The molecule has 1 aromatic rings. The predicted molar refractivity (Wildman–Crippen MR) is 40.6 cm³/mol. The minimum atomic E-state index is 0.519. The Morgan fingerprint density at radius 2 is 2.10 bits per heavy atom. The van der Waals surface area contributed by atoms with Crippen molar-refractivity contribution in [2.75, 3.05) is 0 Å². The zero-order valence-corrected chi connectivity index (χ0v) is 6.68. The van der Waals surface area contributed by atoms with Gasteiger partial charge < -0.3 is 10.3 Å². The molecular formula is C7H13N3. The molecule has 0 unspecified atom stereocenters. The highest BCUT2D eigenvalue weighted by molar-refractivity contribution is 5.13. The molecule has 1 heterocycles. The molecule has 0 aliphatic rings. The quantitative estimate of drug-likeness (QED) is 0.615. The summed E-state index contributed by atoms with van der Waals surface area (Å²) < 4.78 is 2.02. The third-order valence-electron chi connectivity index (χ3n) is 1.89. The van der Waals surface area contributed by atoms with Crippen LogP contribution in [-0.2, 0) is 13.6 Å². The second-order valence-electron chi connectivity index (χ2n) is 2.46. The number of aryl methyl sites for hydroxylation is 1. The molecule has 0 saturated heterocycles. The largest absolute Gasteiger partial charge is 0.334 e. The van der Waals surface area contributed by atoms with Gasteiger partial charge in [0.1, 0.15) is 5.82 Å². The van der Waals surface area contributed by atoms with E-state index in [1.165, 1.54) is 5.69 Å². The number of nitrogens with two attached hydrogens (primary N) is 1. The highest BCUT2D eigenvalue weighted by Gasteiger charge is 2.03. The Hall–Kier alpha value is -0.830. The van der Waals surface area contributed by atoms with Gasteiger partial charge in [-0.3, -0.25) is 0 Å². The Bertz CT molecular complexity index is 237. The van der Waals surface area contributed by atoms with Crippen LogP contribution in [0.15, 0.2) is 0 Å². The van der Waals surface area contributed by atoms with E-state index in [1.54, 1.807) is 0 Å². The van der Waals surface area contributed by atoms with Crippen LogP contribution in [-0.4, -0.2) is 9.55 Å². The average Bonchev–Trinajstić information content (AvgIpc) is 2.17. The van der Waals surface area contributed by atoms with Gasteiger partial charge in [0.15, 0.2) is 0 Å². The molecule has 0 bridgehead atoms. The van der Waals surface area contributed by atoms with Gasteiger partial charge >= 0.3 is 0 Å². The first kappa shape index (κ1) is 7.28. The fourth-order valence-corrected chi connectivity index (χ4v) is 0.968. The molecule has 3 nitrogen and oxygen atoms in total. The second kappa shape index (κ2) is 2.42. The van der Waals surface area contributed by atoms with Crippen molar-refractivity contribution >= 4 is 0 Å². The van der Waals surface area contributed by atoms with Gasteiger partial charge in [-0.1, -0.05) is 0 Å². The minimum Gasteiger partial charge on any atom is -0.334 e. The van der Waals surface area contributed by atoms with Crippen LogP contribution >= 0.6 is 0 Å². The van der Waals surface area contributed by atoms with Gasteiger partial charge in [-0.25, -0.2) is 4.98 Å². The molecule has 10 heavy (non-hydrogen) atoms. The summed E-state index contributed by atoms with van der Waals surface area (Å²) in [4.78, 5) is 4.27. The van der Waals surface area contributed by atoms with Crippen LogP contribution in [0, 0.1) is 13.8 Å². The van der Waals surface area contributed by atoms with Crippen LogP contribution in [0.4, 0.5) is 0 Å². The molecule has 0 amide bonds. The van der Waals surface area contributed by atoms with E-state index in [2.05, 4.69) is 4.98 Å². The van der Waals surface area contributed by atoms with Gasteiger partial charge in [-0.15, -0.1) is 0 Å². The van der Waals surface area contributed by atoms with E-state index in [0.29, 0.717) is 6.54 Å². The maximum atomic E-state index is 5.45. The van der Waals surface area contributed by atoms with Crippen LogP contribution in [0.25, 0.3) is 0 Å². The number of hydrogen-bond donors (Lipinski definition) is 1. The molecule has 0 spiro atoms. The molecule has 2 N–H and O–H groups in total. The predicted octanol–water partition coefficient (Wildman–Crippen LogP) is 0.496. The molecule has 0 aliphatic heterocycles. The Labute approximate surface area is 60.9 Å². The van der Waals surface area contributed by atoms with Gasteiger partial charge in [-0.05, 0) is 13.8 Å². The average molecular weight is 139 g/mol. The highest BCUT2D eigenvalue weighted by atomic mass is 15.1. The fraction of sp³-hybridized carbons (Fsp3) is 0.571.